The summed E-state index contributed by atoms with van der Waals surface area (Å²) >= 11 is 3.46. The summed E-state index contributed by atoms with van der Waals surface area (Å²) in [5, 5.41) is 7.58. The second-order valence-corrected chi connectivity index (χ2v) is 7.27. The highest BCUT2D eigenvalue weighted by Crippen LogP contribution is 2.31. The number of halogens is 1. The molecule has 0 amide bonds. The van der Waals surface area contributed by atoms with Crippen molar-refractivity contribution in [3.63, 3.8) is 0 Å². The van der Waals surface area contributed by atoms with Gasteiger partial charge in [0, 0.05) is 29.4 Å². The highest BCUT2D eigenvalue weighted by atomic mass is 35.5. The van der Waals surface area contributed by atoms with Crippen molar-refractivity contribution in [1.82, 2.24) is 9.88 Å². The fourth-order valence-corrected chi connectivity index (χ4v) is 4.08. The number of nitrogens with zero attached hydrogens (tertiary/aromatic N) is 2. The molecule has 6 heteroatoms. The van der Waals surface area contributed by atoms with E-state index in [2.05, 4.69) is 34.0 Å². The van der Waals surface area contributed by atoms with Crippen LogP contribution in [0, 0.1) is 5.41 Å². The van der Waals surface area contributed by atoms with Gasteiger partial charge < -0.3 is 5.73 Å². The normalized spacial score (nSPS) is 22.9. The maximum absolute atomic E-state index is 5.85. The minimum atomic E-state index is 0. The van der Waals surface area contributed by atoms with Crippen LogP contribution in [0.3, 0.4) is 0 Å². The van der Waals surface area contributed by atoms with Crippen LogP contribution in [0.5, 0.6) is 0 Å². The van der Waals surface area contributed by atoms with E-state index in [-0.39, 0.29) is 12.4 Å². The van der Waals surface area contributed by atoms with Gasteiger partial charge in [0.1, 0.15) is 5.01 Å². The minimum Gasteiger partial charge on any atom is -0.330 e. The van der Waals surface area contributed by atoms with Gasteiger partial charge in [-0.05, 0) is 36.4 Å². The van der Waals surface area contributed by atoms with Gasteiger partial charge in [-0.2, -0.15) is 11.3 Å². The van der Waals surface area contributed by atoms with E-state index < -0.39 is 0 Å². The molecule has 0 saturated carbocycles. The largest absolute Gasteiger partial charge is 0.330 e. The molecule has 0 aromatic carbocycles. The molecule has 3 rings (SSSR count). The lowest BCUT2D eigenvalue weighted by Crippen LogP contribution is -2.31. The molecule has 3 heterocycles. The van der Waals surface area contributed by atoms with Gasteiger partial charge in [0.15, 0.2) is 0 Å². The van der Waals surface area contributed by atoms with Gasteiger partial charge in [-0.3, -0.25) is 4.90 Å². The number of hydrogen-bond donors (Lipinski definition) is 1. The molecule has 2 aromatic rings. The first kappa shape index (κ1) is 15.9. The van der Waals surface area contributed by atoms with Gasteiger partial charge >= 0.3 is 0 Å². The number of nitrogens with two attached hydrogens (primary N) is 1. The molecule has 1 aliphatic rings. The second-order valence-electron chi connectivity index (χ2n) is 5.63. The average molecular weight is 330 g/mol. The standard InChI is InChI=1S/C14H19N3S2.ClH/c1-14(9-15)3-4-17(10-14)6-12-8-19-13(16-12)11-2-5-18-7-11;/h2,5,7-8H,3-4,6,9-10,15H2,1H3;1H. The van der Waals surface area contributed by atoms with Crippen molar-refractivity contribution in [2.45, 2.75) is 19.9 Å². The number of thiophene rings is 1. The third kappa shape index (κ3) is 3.40. The maximum atomic E-state index is 5.85. The molecule has 0 aliphatic carbocycles. The topological polar surface area (TPSA) is 42.1 Å². The molecule has 1 aliphatic heterocycles. The van der Waals surface area contributed by atoms with Crippen LogP contribution in [0.15, 0.2) is 22.2 Å². The zero-order chi connectivity index (χ0) is 13.3. The Morgan fingerprint density at radius 3 is 2.95 bits per heavy atom. The lowest BCUT2D eigenvalue weighted by atomic mass is 9.90. The number of hydrogen-bond acceptors (Lipinski definition) is 5. The Kier molecular flexibility index (Phi) is 5.20. The van der Waals surface area contributed by atoms with Crippen molar-refractivity contribution in [1.29, 1.82) is 0 Å². The first-order chi connectivity index (χ1) is 9.18. The number of rotatable bonds is 4. The van der Waals surface area contributed by atoms with Crippen LogP contribution in [-0.2, 0) is 6.54 Å². The summed E-state index contributed by atoms with van der Waals surface area (Å²) in [5.41, 5.74) is 8.58. The highest BCUT2D eigenvalue weighted by molar-refractivity contribution is 7.14. The van der Waals surface area contributed by atoms with E-state index in [9.17, 15) is 0 Å². The zero-order valence-electron chi connectivity index (χ0n) is 11.5. The minimum absolute atomic E-state index is 0. The molecule has 2 N–H and O–H groups in total. The van der Waals surface area contributed by atoms with Crippen molar-refractivity contribution >= 4 is 35.1 Å². The SMILES string of the molecule is CC1(CN)CCN(Cc2csc(-c3ccsc3)n2)C1.Cl. The Morgan fingerprint density at radius 1 is 1.45 bits per heavy atom. The first-order valence-electron chi connectivity index (χ1n) is 6.58. The van der Waals surface area contributed by atoms with Crippen molar-refractivity contribution in [3.8, 4) is 10.6 Å². The van der Waals surface area contributed by atoms with Gasteiger partial charge in [0.25, 0.3) is 0 Å². The van der Waals surface area contributed by atoms with Crippen molar-refractivity contribution < 1.29 is 0 Å². The molecule has 20 heavy (non-hydrogen) atoms. The molecule has 0 spiro atoms. The quantitative estimate of drug-likeness (QED) is 0.934. The Labute approximate surface area is 134 Å². The Bertz CT molecular complexity index is 540. The first-order valence-corrected chi connectivity index (χ1v) is 8.40. The van der Waals surface area contributed by atoms with E-state index in [0.717, 1.165) is 31.2 Å². The van der Waals surface area contributed by atoms with Crippen LogP contribution in [0.1, 0.15) is 19.0 Å². The zero-order valence-corrected chi connectivity index (χ0v) is 14.0. The summed E-state index contributed by atoms with van der Waals surface area (Å²) < 4.78 is 0. The Balaban J connectivity index is 0.00000147. The lowest BCUT2D eigenvalue weighted by Gasteiger charge is -2.22. The molecule has 0 radical (unpaired) electrons. The second kappa shape index (κ2) is 6.54. The molecule has 2 aromatic heterocycles. The Morgan fingerprint density at radius 2 is 2.30 bits per heavy atom. The van der Waals surface area contributed by atoms with Gasteiger partial charge in [-0.1, -0.05) is 6.92 Å². The fourth-order valence-electron chi connectivity index (χ4n) is 2.55. The molecule has 1 saturated heterocycles. The van der Waals surface area contributed by atoms with Crippen LogP contribution in [0.2, 0.25) is 0 Å². The smallest absolute Gasteiger partial charge is 0.124 e. The summed E-state index contributed by atoms with van der Waals surface area (Å²) in [5.74, 6) is 0. The van der Waals surface area contributed by atoms with Crippen LogP contribution >= 0.6 is 35.1 Å². The van der Waals surface area contributed by atoms with E-state index in [4.69, 9.17) is 10.7 Å². The molecule has 1 fully saturated rings. The average Bonchev–Trinajstić information content (AvgIpc) is 3.11. The summed E-state index contributed by atoms with van der Waals surface area (Å²) in [6.45, 7) is 6.25. The summed E-state index contributed by atoms with van der Waals surface area (Å²) in [7, 11) is 0. The molecule has 0 bridgehead atoms. The van der Waals surface area contributed by atoms with Gasteiger partial charge in [0.2, 0.25) is 0 Å². The van der Waals surface area contributed by atoms with Crippen LogP contribution < -0.4 is 5.73 Å². The van der Waals surface area contributed by atoms with Crippen LogP contribution in [0.4, 0.5) is 0 Å². The highest BCUT2D eigenvalue weighted by Gasteiger charge is 2.32. The van der Waals surface area contributed by atoms with Crippen LogP contribution in [-0.4, -0.2) is 29.5 Å². The summed E-state index contributed by atoms with van der Waals surface area (Å²) in [4.78, 5) is 7.21. The monoisotopic (exact) mass is 329 g/mol. The predicted molar refractivity (Wildman–Crippen MR) is 89.7 cm³/mol. The molecular weight excluding hydrogens is 310 g/mol. The molecule has 3 nitrogen and oxygen atoms in total. The van der Waals surface area contributed by atoms with Crippen LogP contribution in [0.25, 0.3) is 10.6 Å². The number of thiazole rings is 1. The van der Waals surface area contributed by atoms with Crippen molar-refractivity contribution in [2.75, 3.05) is 19.6 Å². The van der Waals surface area contributed by atoms with Gasteiger partial charge in [-0.25, -0.2) is 4.98 Å². The number of aromatic nitrogens is 1. The third-order valence-corrected chi connectivity index (χ3v) is 5.46. The molecular formula is C14H20ClN3S2. The van der Waals surface area contributed by atoms with E-state index in [1.54, 1.807) is 22.7 Å². The number of likely N-dealkylation sites (tertiary alicyclic amines) is 1. The molecule has 1 atom stereocenters. The summed E-state index contributed by atoms with van der Waals surface area (Å²) in [6, 6.07) is 2.13. The molecule has 110 valence electrons. The Hall–Kier alpha value is -0.460. The predicted octanol–water partition coefficient (Wildman–Crippen LogP) is 3.46. The van der Waals surface area contributed by atoms with E-state index in [1.807, 2.05) is 0 Å². The van der Waals surface area contributed by atoms with E-state index in [1.165, 1.54) is 17.7 Å². The van der Waals surface area contributed by atoms with Crippen molar-refractivity contribution in [3.05, 3.63) is 27.9 Å². The van der Waals surface area contributed by atoms with Gasteiger partial charge in [0.05, 0.1) is 5.69 Å². The maximum Gasteiger partial charge on any atom is 0.124 e. The van der Waals surface area contributed by atoms with Gasteiger partial charge in [-0.15, -0.1) is 23.7 Å². The lowest BCUT2D eigenvalue weighted by molar-refractivity contribution is 0.272. The van der Waals surface area contributed by atoms with E-state index in [0.29, 0.717) is 5.41 Å². The van der Waals surface area contributed by atoms with Crippen molar-refractivity contribution in [2.24, 2.45) is 11.1 Å². The summed E-state index contributed by atoms with van der Waals surface area (Å²) in [6.07, 6.45) is 1.20. The third-order valence-electron chi connectivity index (χ3n) is 3.84. The fraction of sp³-hybridized carbons (Fsp3) is 0.500. The molecule has 1 unspecified atom stereocenters. The van der Waals surface area contributed by atoms with E-state index >= 15 is 0 Å².